The lowest BCUT2D eigenvalue weighted by Gasteiger charge is -2.36. The van der Waals surface area contributed by atoms with Gasteiger partial charge in [0.1, 0.15) is 6.61 Å². The van der Waals surface area contributed by atoms with Gasteiger partial charge in [-0.1, -0.05) is 30.3 Å². The van der Waals surface area contributed by atoms with Crippen molar-refractivity contribution in [3.63, 3.8) is 0 Å². The maximum absolute atomic E-state index is 12.9. The smallest absolute Gasteiger partial charge is 0.308 e. The zero-order valence-corrected chi connectivity index (χ0v) is 14.7. The van der Waals surface area contributed by atoms with Crippen molar-refractivity contribution in [3.8, 4) is 5.88 Å². The highest BCUT2D eigenvalue weighted by Gasteiger charge is 2.33. The second-order valence-corrected chi connectivity index (χ2v) is 6.58. The highest BCUT2D eigenvalue weighted by Crippen LogP contribution is 2.24. The van der Waals surface area contributed by atoms with Gasteiger partial charge in [0.05, 0.1) is 5.92 Å². The number of aliphatic carboxylic acids is 1. The first-order valence-electron chi connectivity index (χ1n) is 8.71. The molecule has 6 nitrogen and oxygen atoms in total. The fraction of sp³-hybridized carbons (Fsp3) is 0.350. The van der Waals surface area contributed by atoms with Crippen LogP contribution in [0.1, 0.15) is 35.7 Å². The van der Waals surface area contributed by atoms with Gasteiger partial charge in [0, 0.05) is 30.4 Å². The summed E-state index contributed by atoms with van der Waals surface area (Å²) >= 11 is 0. The van der Waals surface area contributed by atoms with Gasteiger partial charge in [0.15, 0.2) is 0 Å². The SMILES string of the molecule is CC1CCC(C(=O)O)CN1C(=O)c1ccnc(OCc2ccccc2)c1. The highest BCUT2D eigenvalue weighted by atomic mass is 16.5. The van der Waals surface area contributed by atoms with Gasteiger partial charge >= 0.3 is 5.97 Å². The number of hydrogen-bond acceptors (Lipinski definition) is 4. The molecule has 1 amide bonds. The summed E-state index contributed by atoms with van der Waals surface area (Å²) in [5, 5.41) is 9.25. The number of aromatic nitrogens is 1. The van der Waals surface area contributed by atoms with Gasteiger partial charge < -0.3 is 14.7 Å². The van der Waals surface area contributed by atoms with Crippen molar-refractivity contribution in [3.05, 3.63) is 59.8 Å². The first-order valence-corrected chi connectivity index (χ1v) is 8.71. The Balaban J connectivity index is 1.70. The molecule has 1 aromatic heterocycles. The molecular weight excluding hydrogens is 332 g/mol. The highest BCUT2D eigenvalue weighted by molar-refractivity contribution is 5.95. The van der Waals surface area contributed by atoms with E-state index in [1.807, 2.05) is 37.3 Å². The van der Waals surface area contributed by atoms with Crippen LogP contribution in [0.15, 0.2) is 48.7 Å². The van der Waals surface area contributed by atoms with Gasteiger partial charge in [-0.3, -0.25) is 9.59 Å². The molecule has 136 valence electrons. The number of carboxylic acids is 1. The van der Waals surface area contributed by atoms with Crippen LogP contribution < -0.4 is 4.74 Å². The first kappa shape index (κ1) is 17.9. The fourth-order valence-corrected chi connectivity index (χ4v) is 3.11. The number of hydrogen-bond donors (Lipinski definition) is 1. The van der Waals surface area contributed by atoms with Crippen LogP contribution in [0, 0.1) is 5.92 Å². The summed E-state index contributed by atoms with van der Waals surface area (Å²) in [4.78, 5) is 29.9. The predicted molar refractivity (Wildman–Crippen MR) is 95.9 cm³/mol. The molecule has 2 atom stereocenters. The minimum atomic E-state index is -0.851. The fourth-order valence-electron chi connectivity index (χ4n) is 3.11. The zero-order chi connectivity index (χ0) is 18.5. The van der Waals surface area contributed by atoms with E-state index >= 15 is 0 Å². The predicted octanol–water partition coefficient (Wildman–Crippen LogP) is 2.99. The molecule has 0 aliphatic carbocycles. The number of rotatable bonds is 5. The van der Waals surface area contributed by atoms with Crippen molar-refractivity contribution in [1.29, 1.82) is 0 Å². The van der Waals surface area contributed by atoms with Crippen molar-refractivity contribution < 1.29 is 19.4 Å². The topological polar surface area (TPSA) is 79.7 Å². The van der Waals surface area contributed by atoms with E-state index in [4.69, 9.17) is 4.74 Å². The van der Waals surface area contributed by atoms with Gasteiger partial charge in [0.25, 0.3) is 5.91 Å². The molecule has 26 heavy (non-hydrogen) atoms. The molecule has 0 saturated carbocycles. The molecule has 1 saturated heterocycles. The standard InChI is InChI=1S/C20H22N2O4/c1-14-7-8-17(20(24)25)12-22(14)19(23)16-9-10-21-18(11-16)26-13-15-5-3-2-4-6-15/h2-6,9-11,14,17H,7-8,12-13H2,1H3,(H,24,25). The van der Waals surface area contributed by atoms with E-state index in [-0.39, 0.29) is 18.5 Å². The minimum Gasteiger partial charge on any atom is -0.481 e. The van der Waals surface area contributed by atoms with Crippen molar-refractivity contribution >= 4 is 11.9 Å². The van der Waals surface area contributed by atoms with Crippen LogP contribution in [0.3, 0.4) is 0 Å². The third kappa shape index (κ3) is 4.20. The van der Waals surface area contributed by atoms with E-state index in [2.05, 4.69) is 4.98 Å². The van der Waals surface area contributed by atoms with Gasteiger partial charge in [-0.05, 0) is 31.4 Å². The summed E-state index contributed by atoms with van der Waals surface area (Å²) in [5.41, 5.74) is 1.47. The average Bonchev–Trinajstić information content (AvgIpc) is 2.67. The Morgan fingerprint density at radius 1 is 1.23 bits per heavy atom. The maximum atomic E-state index is 12.9. The number of nitrogens with zero attached hydrogens (tertiary/aromatic N) is 2. The third-order valence-corrected chi connectivity index (χ3v) is 4.70. The summed E-state index contributed by atoms with van der Waals surface area (Å²) in [5.74, 6) is -1.17. The zero-order valence-electron chi connectivity index (χ0n) is 14.7. The number of amides is 1. The summed E-state index contributed by atoms with van der Waals surface area (Å²) in [6.07, 6.45) is 2.82. The van der Waals surface area contributed by atoms with E-state index in [1.165, 1.54) is 6.20 Å². The Labute approximate surface area is 152 Å². The number of carbonyl (C=O) groups excluding carboxylic acids is 1. The quantitative estimate of drug-likeness (QED) is 0.893. The van der Waals surface area contributed by atoms with E-state index in [9.17, 15) is 14.7 Å². The van der Waals surface area contributed by atoms with E-state index < -0.39 is 11.9 Å². The Hall–Kier alpha value is -2.89. The summed E-state index contributed by atoms with van der Waals surface area (Å²) in [6.45, 7) is 2.55. The lowest BCUT2D eigenvalue weighted by atomic mass is 9.93. The number of likely N-dealkylation sites (tertiary alicyclic amines) is 1. The van der Waals surface area contributed by atoms with Crippen molar-refractivity contribution in [2.45, 2.75) is 32.4 Å². The number of piperidine rings is 1. The number of carbonyl (C=O) groups is 2. The molecule has 0 spiro atoms. The number of benzene rings is 1. The molecule has 2 aromatic rings. The van der Waals surface area contributed by atoms with Gasteiger partial charge in [-0.25, -0.2) is 4.98 Å². The Morgan fingerprint density at radius 3 is 2.73 bits per heavy atom. The molecule has 1 aliphatic heterocycles. The molecule has 2 heterocycles. The van der Waals surface area contributed by atoms with Crippen LogP contribution >= 0.6 is 0 Å². The minimum absolute atomic E-state index is 0.0138. The average molecular weight is 354 g/mol. The summed E-state index contributed by atoms with van der Waals surface area (Å²) in [7, 11) is 0. The van der Waals surface area contributed by atoms with Crippen LogP contribution in [0.4, 0.5) is 0 Å². The van der Waals surface area contributed by atoms with Crippen LogP contribution in [0.5, 0.6) is 5.88 Å². The molecule has 1 aromatic carbocycles. The molecule has 2 unspecified atom stereocenters. The maximum Gasteiger partial charge on any atom is 0.308 e. The number of pyridine rings is 1. The van der Waals surface area contributed by atoms with Crippen molar-refractivity contribution in [2.75, 3.05) is 6.54 Å². The van der Waals surface area contributed by atoms with Crippen LogP contribution in [-0.2, 0) is 11.4 Å². The van der Waals surface area contributed by atoms with Crippen LogP contribution in [-0.4, -0.2) is 39.5 Å². The largest absolute Gasteiger partial charge is 0.481 e. The number of carboxylic acid groups (broad SMARTS) is 1. The molecule has 1 fully saturated rings. The number of ether oxygens (including phenoxy) is 1. The summed E-state index contributed by atoms with van der Waals surface area (Å²) in [6, 6.07) is 13.0. The van der Waals surface area contributed by atoms with Gasteiger partial charge in [0.2, 0.25) is 5.88 Å². The third-order valence-electron chi connectivity index (χ3n) is 4.70. The lowest BCUT2D eigenvalue weighted by molar-refractivity contribution is -0.143. The molecule has 6 heteroatoms. The van der Waals surface area contributed by atoms with Crippen molar-refractivity contribution in [2.24, 2.45) is 5.92 Å². The lowest BCUT2D eigenvalue weighted by Crippen LogP contribution is -2.47. The molecule has 1 aliphatic rings. The molecule has 0 bridgehead atoms. The summed E-state index contributed by atoms with van der Waals surface area (Å²) < 4.78 is 5.68. The second-order valence-electron chi connectivity index (χ2n) is 6.58. The Kier molecular flexibility index (Phi) is 5.51. The van der Waals surface area contributed by atoms with Crippen molar-refractivity contribution in [1.82, 2.24) is 9.88 Å². The Morgan fingerprint density at radius 2 is 2.00 bits per heavy atom. The molecule has 1 N–H and O–H groups in total. The van der Waals surface area contributed by atoms with Gasteiger partial charge in [-0.15, -0.1) is 0 Å². The monoisotopic (exact) mass is 354 g/mol. The first-order chi connectivity index (χ1) is 12.5. The Bertz CT molecular complexity index is 778. The molecular formula is C20H22N2O4. The second kappa shape index (κ2) is 7.99. The molecule has 0 radical (unpaired) electrons. The van der Waals surface area contributed by atoms with E-state index in [1.54, 1.807) is 17.0 Å². The van der Waals surface area contributed by atoms with E-state index in [0.717, 1.165) is 5.56 Å². The molecule has 3 rings (SSSR count). The van der Waals surface area contributed by atoms with Crippen LogP contribution in [0.25, 0.3) is 0 Å². The normalized spacial score (nSPS) is 19.8. The van der Waals surface area contributed by atoms with E-state index in [0.29, 0.717) is 30.9 Å². The van der Waals surface area contributed by atoms with Gasteiger partial charge in [-0.2, -0.15) is 0 Å². The van der Waals surface area contributed by atoms with Crippen LogP contribution in [0.2, 0.25) is 0 Å².